The van der Waals surface area contributed by atoms with Gasteiger partial charge in [0.15, 0.2) is 0 Å². The van der Waals surface area contributed by atoms with Crippen LogP contribution in [-0.4, -0.2) is 9.55 Å². The molecular weight excluding hydrogens is 172 g/mol. The number of rotatable bonds is 0. The Hall–Kier alpha value is -1.83. The summed E-state index contributed by atoms with van der Waals surface area (Å²) in [6, 6.07) is 0. The van der Waals surface area contributed by atoms with Gasteiger partial charge in [0.25, 0.3) is 0 Å². The fraction of sp³-hybridized carbons (Fsp3) is 0.0833. The monoisotopic (exact) mass is 182 g/mol. The van der Waals surface area contributed by atoms with Crippen LogP contribution >= 0.6 is 0 Å². The fourth-order valence-corrected chi connectivity index (χ4v) is 1.79. The van der Waals surface area contributed by atoms with E-state index in [9.17, 15) is 0 Å². The van der Waals surface area contributed by atoms with Gasteiger partial charge in [0, 0.05) is 24.0 Å². The molecular formula is C12H10N2. The largest absolute Gasteiger partial charge is 0.301 e. The summed E-state index contributed by atoms with van der Waals surface area (Å²) in [6.45, 7) is 0. The molecule has 0 amide bonds. The summed E-state index contributed by atoms with van der Waals surface area (Å²) < 4.78 is 2.10. The molecule has 2 heterocycles. The highest BCUT2D eigenvalue weighted by Gasteiger charge is 2.10. The molecule has 0 saturated heterocycles. The van der Waals surface area contributed by atoms with Crippen molar-refractivity contribution < 1.29 is 0 Å². The molecule has 68 valence electrons. The molecule has 0 fully saturated rings. The predicted octanol–water partition coefficient (Wildman–Crippen LogP) is 2.49. The highest BCUT2D eigenvalue weighted by Crippen LogP contribution is 2.22. The second kappa shape index (κ2) is 2.84. The van der Waals surface area contributed by atoms with E-state index >= 15 is 0 Å². The minimum Gasteiger partial charge on any atom is -0.301 e. The smallest absolute Gasteiger partial charge is 0.136 e. The van der Waals surface area contributed by atoms with E-state index in [1.54, 1.807) is 0 Å². The number of nitrogens with zero attached hydrogens (tertiary/aromatic N) is 2. The van der Waals surface area contributed by atoms with Gasteiger partial charge in [0.05, 0.1) is 0 Å². The summed E-state index contributed by atoms with van der Waals surface area (Å²) in [5, 5.41) is 0. The van der Waals surface area contributed by atoms with Gasteiger partial charge in [-0.1, -0.05) is 24.3 Å². The van der Waals surface area contributed by atoms with Gasteiger partial charge in [-0.25, -0.2) is 4.98 Å². The average molecular weight is 182 g/mol. The highest BCUT2D eigenvalue weighted by atomic mass is 15.1. The summed E-state index contributed by atoms with van der Waals surface area (Å²) in [4.78, 5) is 4.29. The number of hydrogen-bond acceptors (Lipinski definition) is 1. The molecule has 0 spiro atoms. The quantitative estimate of drug-likeness (QED) is 0.602. The van der Waals surface area contributed by atoms with Gasteiger partial charge in [-0.05, 0) is 18.2 Å². The number of aromatic nitrogens is 2. The van der Waals surface area contributed by atoms with Crippen LogP contribution in [0.1, 0.15) is 5.82 Å². The van der Waals surface area contributed by atoms with Crippen molar-refractivity contribution in [2.45, 2.75) is 0 Å². The van der Waals surface area contributed by atoms with Gasteiger partial charge < -0.3 is 4.57 Å². The maximum Gasteiger partial charge on any atom is 0.136 e. The molecule has 3 rings (SSSR count). The van der Waals surface area contributed by atoms with Crippen molar-refractivity contribution in [2.75, 3.05) is 0 Å². The maximum absolute atomic E-state index is 4.29. The zero-order chi connectivity index (χ0) is 9.38. The van der Waals surface area contributed by atoms with Crippen molar-refractivity contribution >= 4 is 11.8 Å². The van der Waals surface area contributed by atoms with Crippen LogP contribution in [0.25, 0.3) is 11.8 Å². The van der Waals surface area contributed by atoms with Crippen molar-refractivity contribution in [1.29, 1.82) is 0 Å². The topological polar surface area (TPSA) is 17.8 Å². The normalized spacial score (nSPS) is 22.6. The molecule has 2 aliphatic rings. The first-order valence-corrected chi connectivity index (χ1v) is 4.72. The molecule has 0 aromatic carbocycles. The summed E-state index contributed by atoms with van der Waals surface area (Å²) in [7, 11) is 0. The fourth-order valence-electron chi connectivity index (χ4n) is 1.79. The van der Waals surface area contributed by atoms with Crippen molar-refractivity contribution in [1.82, 2.24) is 9.55 Å². The van der Waals surface area contributed by atoms with Crippen LogP contribution in [0.4, 0.5) is 0 Å². The van der Waals surface area contributed by atoms with Gasteiger partial charge in [0.2, 0.25) is 0 Å². The standard InChI is InChI=1S/C12H10N2/c1-2-4-11-9-10(3-1)5-6-12-13-7-8-14(11)12/h1-10H. The molecule has 1 aliphatic carbocycles. The number of fused-ring (bicyclic) bond motifs is 3. The van der Waals surface area contributed by atoms with Crippen LogP contribution < -0.4 is 0 Å². The highest BCUT2D eigenvalue weighted by molar-refractivity contribution is 5.66. The van der Waals surface area contributed by atoms with E-state index in [1.807, 2.05) is 12.4 Å². The lowest BCUT2D eigenvalue weighted by Crippen LogP contribution is -1.95. The summed E-state index contributed by atoms with van der Waals surface area (Å²) in [6.07, 6.45) is 18.7. The first-order chi connectivity index (χ1) is 6.93. The molecule has 0 radical (unpaired) electrons. The number of imidazole rings is 1. The van der Waals surface area contributed by atoms with E-state index < -0.39 is 0 Å². The zero-order valence-electron chi connectivity index (χ0n) is 7.67. The molecule has 2 nitrogen and oxygen atoms in total. The zero-order valence-corrected chi connectivity index (χ0v) is 7.67. The van der Waals surface area contributed by atoms with E-state index in [1.165, 1.54) is 5.70 Å². The lowest BCUT2D eigenvalue weighted by molar-refractivity contribution is 1.05. The summed E-state index contributed by atoms with van der Waals surface area (Å²) >= 11 is 0. The molecule has 1 aliphatic heterocycles. The molecule has 2 bridgehead atoms. The molecule has 0 N–H and O–H groups in total. The molecule has 1 atom stereocenters. The molecule has 1 aromatic heterocycles. The van der Waals surface area contributed by atoms with Crippen molar-refractivity contribution in [3.8, 4) is 0 Å². The van der Waals surface area contributed by atoms with E-state index in [4.69, 9.17) is 0 Å². The van der Waals surface area contributed by atoms with Gasteiger partial charge in [0.1, 0.15) is 5.82 Å². The first kappa shape index (κ1) is 7.56. The van der Waals surface area contributed by atoms with Crippen LogP contribution in [0, 0.1) is 5.92 Å². The lowest BCUT2D eigenvalue weighted by Gasteiger charge is -2.04. The van der Waals surface area contributed by atoms with E-state index in [0.717, 1.165) is 5.82 Å². The Morgan fingerprint density at radius 1 is 1.14 bits per heavy atom. The summed E-state index contributed by atoms with van der Waals surface area (Å²) in [5.41, 5.74) is 1.19. The van der Waals surface area contributed by atoms with Crippen LogP contribution in [0.3, 0.4) is 0 Å². The van der Waals surface area contributed by atoms with E-state index in [2.05, 4.69) is 52.1 Å². The Labute approximate surface area is 82.6 Å². The maximum atomic E-state index is 4.29. The van der Waals surface area contributed by atoms with Crippen molar-refractivity contribution in [3.05, 3.63) is 54.7 Å². The van der Waals surface area contributed by atoms with Crippen LogP contribution in [0.2, 0.25) is 0 Å². The van der Waals surface area contributed by atoms with E-state index in [0.29, 0.717) is 5.92 Å². The molecule has 14 heavy (non-hydrogen) atoms. The van der Waals surface area contributed by atoms with Gasteiger partial charge in [-0.3, -0.25) is 0 Å². The van der Waals surface area contributed by atoms with Crippen molar-refractivity contribution in [3.63, 3.8) is 0 Å². The van der Waals surface area contributed by atoms with Crippen LogP contribution in [0.5, 0.6) is 0 Å². The molecule has 0 saturated carbocycles. The number of hydrogen-bond donors (Lipinski definition) is 0. The molecule has 2 heteroatoms. The Kier molecular flexibility index (Phi) is 1.53. The second-order valence-electron chi connectivity index (χ2n) is 3.43. The third-order valence-corrected chi connectivity index (χ3v) is 2.49. The third kappa shape index (κ3) is 1.08. The lowest BCUT2D eigenvalue weighted by atomic mass is 10.1. The number of allylic oxidation sites excluding steroid dienone is 7. The molecule has 1 aromatic rings. The second-order valence-corrected chi connectivity index (χ2v) is 3.43. The Morgan fingerprint density at radius 3 is 3.14 bits per heavy atom. The Morgan fingerprint density at radius 2 is 2.14 bits per heavy atom. The van der Waals surface area contributed by atoms with Gasteiger partial charge in [-0.15, -0.1) is 0 Å². The van der Waals surface area contributed by atoms with Gasteiger partial charge in [-0.2, -0.15) is 0 Å². The van der Waals surface area contributed by atoms with Crippen LogP contribution in [-0.2, 0) is 0 Å². The minimum atomic E-state index is 0.390. The Balaban J connectivity index is 2.22. The van der Waals surface area contributed by atoms with Crippen LogP contribution in [0.15, 0.2) is 48.8 Å². The van der Waals surface area contributed by atoms with E-state index in [-0.39, 0.29) is 0 Å². The van der Waals surface area contributed by atoms with Gasteiger partial charge >= 0.3 is 0 Å². The average Bonchev–Trinajstić information content (AvgIpc) is 2.47. The first-order valence-electron chi connectivity index (χ1n) is 4.72. The Bertz CT molecular complexity index is 472. The summed E-state index contributed by atoms with van der Waals surface area (Å²) in [5.74, 6) is 1.39. The third-order valence-electron chi connectivity index (χ3n) is 2.49. The SMILES string of the molecule is C1=CC2=CC(C=C1)C=Cc1nccn12. The van der Waals surface area contributed by atoms with Crippen molar-refractivity contribution in [2.24, 2.45) is 5.92 Å². The molecule has 1 unspecified atom stereocenters. The predicted molar refractivity (Wildman–Crippen MR) is 57.3 cm³/mol. The minimum absolute atomic E-state index is 0.390.